The monoisotopic (exact) mass is 326 g/mol. The Morgan fingerprint density at radius 3 is 2.35 bits per heavy atom. The van der Waals surface area contributed by atoms with Gasteiger partial charge in [-0.25, -0.2) is 4.39 Å². The van der Waals surface area contributed by atoms with Gasteiger partial charge in [-0.05, 0) is 56.8 Å². The fraction of sp³-hybridized carbons (Fsp3) is 0.950. The largest absolute Gasteiger partial charge is 0.462 e. The molecular formula is C20H35FO2. The molecule has 0 aromatic rings. The predicted octanol–water partition coefficient (Wildman–Crippen LogP) is 5.83. The molecule has 0 spiro atoms. The van der Waals surface area contributed by atoms with Gasteiger partial charge in [-0.2, -0.15) is 0 Å². The smallest absolute Gasteiger partial charge is 0.309 e. The van der Waals surface area contributed by atoms with Gasteiger partial charge in [0.15, 0.2) is 0 Å². The maximum atomic E-state index is 14.2. The van der Waals surface area contributed by atoms with E-state index in [2.05, 4.69) is 13.8 Å². The third-order valence-corrected chi connectivity index (χ3v) is 5.95. The van der Waals surface area contributed by atoms with Crippen LogP contribution in [0.2, 0.25) is 0 Å². The quantitative estimate of drug-likeness (QED) is 0.550. The number of halogens is 1. The summed E-state index contributed by atoms with van der Waals surface area (Å²) in [4.78, 5) is 12.4. The van der Waals surface area contributed by atoms with Gasteiger partial charge in [0.05, 0.1) is 5.92 Å². The molecule has 2 fully saturated rings. The van der Waals surface area contributed by atoms with E-state index in [1.807, 2.05) is 0 Å². The SMILES string of the molecule is CCCCC1CCC(C(=O)OC2CCC(CCC)C(F)C2)CC1. The Balaban J connectivity index is 1.69. The molecule has 0 aliphatic heterocycles. The number of hydrogen-bond donors (Lipinski definition) is 0. The van der Waals surface area contributed by atoms with Gasteiger partial charge in [-0.1, -0.05) is 39.5 Å². The highest BCUT2D eigenvalue weighted by Crippen LogP contribution is 2.35. The summed E-state index contributed by atoms with van der Waals surface area (Å²) >= 11 is 0. The third-order valence-electron chi connectivity index (χ3n) is 5.95. The van der Waals surface area contributed by atoms with E-state index in [1.54, 1.807) is 0 Å². The lowest BCUT2D eigenvalue weighted by molar-refractivity contribution is -0.158. The molecule has 2 rings (SSSR count). The summed E-state index contributed by atoms with van der Waals surface area (Å²) in [5.74, 6) is 1.01. The first-order valence-corrected chi connectivity index (χ1v) is 9.98. The van der Waals surface area contributed by atoms with Crippen molar-refractivity contribution in [1.29, 1.82) is 0 Å². The molecule has 3 atom stereocenters. The first-order chi connectivity index (χ1) is 11.1. The van der Waals surface area contributed by atoms with Crippen molar-refractivity contribution in [3.8, 4) is 0 Å². The molecule has 2 nitrogen and oxygen atoms in total. The average molecular weight is 326 g/mol. The maximum Gasteiger partial charge on any atom is 0.309 e. The van der Waals surface area contributed by atoms with Gasteiger partial charge in [0.25, 0.3) is 0 Å². The average Bonchev–Trinajstić information content (AvgIpc) is 2.56. The van der Waals surface area contributed by atoms with Gasteiger partial charge < -0.3 is 4.74 Å². The molecule has 0 aromatic carbocycles. The fourth-order valence-corrected chi connectivity index (χ4v) is 4.39. The van der Waals surface area contributed by atoms with E-state index in [1.165, 1.54) is 19.3 Å². The normalized spacial score (nSPS) is 35.0. The molecule has 3 unspecified atom stereocenters. The molecule has 134 valence electrons. The molecule has 0 amide bonds. The molecule has 2 aliphatic carbocycles. The zero-order chi connectivity index (χ0) is 16.7. The second-order valence-corrected chi connectivity index (χ2v) is 7.80. The van der Waals surface area contributed by atoms with Crippen LogP contribution in [-0.4, -0.2) is 18.2 Å². The van der Waals surface area contributed by atoms with Gasteiger partial charge in [-0.3, -0.25) is 4.79 Å². The number of unbranched alkanes of at least 4 members (excludes halogenated alkanes) is 1. The highest BCUT2D eigenvalue weighted by Gasteiger charge is 2.34. The number of hydrogen-bond acceptors (Lipinski definition) is 2. The lowest BCUT2D eigenvalue weighted by Gasteiger charge is -2.33. The molecule has 0 aromatic heterocycles. The topological polar surface area (TPSA) is 26.3 Å². The minimum atomic E-state index is -0.786. The molecule has 0 heterocycles. The van der Waals surface area contributed by atoms with E-state index in [0.29, 0.717) is 6.42 Å². The molecule has 23 heavy (non-hydrogen) atoms. The van der Waals surface area contributed by atoms with Crippen LogP contribution in [0.1, 0.15) is 90.9 Å². The highest BCUT2D eigenvalue weighted by molar-refractivity contribution is 5.72. The second kappa shape index (κ2) is 9.64. The fourth-order valence-electron chi connectivity index (χ4n) is 4.39. The molecule has 2 saturated carbocycles. The van der Waals surface area contributed by atoms with Gasteiger partial charge in [-0.15, -0.1) is 0 Å². The van der Waals surface area contributed by atoms with E-state index in [-0.39, 0.29) is 23.9 Å². The third kappa shape index (κ3) is 5.76. The first kappa shape index (κ1) is 18.7. The van der Waals surface area contributed by atoms with Crippen molar-refractivity contribution in [2.45, 2.75) is 103 Å². The summed E-state index contributed by atoms with van der Waals surface area (Å²) < 4.78 is 19.8. The zero-order valence-electron chi connectivity index (χ0n) is 15.1. The van der Waals surface area contributed by atoms with E-state index in [4.69, 9.17) is 4.74 Å². The molecule has 3 heteroatoms. The van der Waals surface area contributed by atoms with Crippen molar-refractivity contribution in [3.05, 3.63) is 0 Å². The van der Waals surface area contributed by atoms with Crippen LogP contribution in [0.3, 0.4) is 0 Å². The Kier molecular flexibility index (Phi) is 7.85. The zero-order valence-corrected chi connectivity index (χ0v) is 15.1. The van der Waals surface area contributed by atoms with E-state index < -0.39 is 6.17 Å². The predicted molar refractivity (Wildman–Crippen MR) is 92.0 cm³/mol. The van der Waals surface area contributed by atoms with Crippen LogP contribution in [0.4, 0.5) is 4.39 Å². The van der Waals surface area contributed by atoms with Crippen LogP contribution in [0.5, 0.6) is 0 Å². The number of esters is 1. The standard InChI is InChI=1S/C20H35FO2/c1-3-5-7-15-8-10-17(11-9-15)20(22)23-18-13-12-16(6-4-2)19(21)14-18/h15-19H,3-14H2,1-2H3. The van der Waals surface area contributed by atoms with E-state index in [9.17, 15) is 9.18 Å². The van der Waals surface area contributed by atoms with Crippen molar-refractivity contribution in [2.75, 3.05) is 0 Å². The molecule has 0 N–H and O–H groups in total. The van der Waals surface area contributed by atoms with Crippen LogP contribution in [0.15, 0.2) is 0 Å². The molecule has 0 bridgehead atoms. The Labute approximate surface area is 141 Å². The van der Waals surface area contributed by atoms with Crippen LogP contribution in [-0.2, 0) is 9.53 Å². The maximum absolute atomic E-state index is 14.2. The minimum absolute atomic E-state index is 0.0508. The summed E-state index contributed by atoms with van der Waals surface area (Å²) in [5, 5.41) is 0. The summed E-state index contributed by atoms with van der Waals surface area (Å²) in [6, 6.07) is 0. The number of carbonyl (C=O) groups excluding carboxylic acids is 1. The second-order valence-electron chi connectivity index (χ2n) is 7.80. The van der Waals surface area contributed by atoms with Crippen molar-refractivity contribution in [2.24, 2.45) is 17.8 Å². The van der Waals surface area contributed by atoms with Gasteiger partial charge in [0, 0.05) is 6.42 Å². The van der Waals surface area contributed by atoms with Crippen molar-refractivity contribution in [3.63, 3.8) is 0 Å². The Morgan fingerprint density at radius 1 is 1.00 bits per heavy atom. The summed E-state index contributed by atoms with van der Waals surface area (Å²) in [6.07, 6.45) is 11.3. The number of carbonyl (C=O) groups is 1. The van der Waals surface area contributed by atoms with E-state index >= 15 is 0 Å². The van der Waals surface area contributed by atoms with Gasteiger partial charge in [0.2, 0.25) is 0 Å². The van der Waals surface area contributed by atoms with E-state index in [0.717, 1.165) is 57.3 Å². The highest BCUT2D eigenvalue weighted by atomic mass is 19.1. The van der Waals surface area contributed by atoms with Crippen LogP contribution in [0, 0.1) is 17.8 Å². The molecule has 2 aliphatic rings. The Bertz CT molecular complexity index is 350. The number of rotatable bonds is 7. The molecular weight excluding hydrogens is 291 g/mol. The molecule has 0 radical (unpaired) electrons. The van der Waals surface area contributed by atoms with Crippen molar-refractivity contribution >= 4 is 5.97 Å². The number of ether oxygens (including phenoxy) is 1. The van der Waals surface area contributed by atoms with Gasteiger partial charge in [0.1, 0.15) is 12.3 Å². The van der Waals surface area contributed by atoms with Crippen LogP contribution in [0.25, 0.3) is 0 Å². The lowest BCUT2D eigenvalue weighted by atomic mass is 9.79. The molecule has 0 saturated heterocycles. The van der Waals surface area contributed by atoms with Crippen LogP contribution >= 0.6 is 0 Å². The van der Waals surface area contributed by atoms with Gasteiger partial charge >= 0.3 is 5.97 Å². The summed E-state index contributed by atoms with van der Waals surface area (Å²) in [5.41, 5.74) is 0. The lowest BCUT2D eigenvalue weighted by Crippen LogP contribution is -2.34. The first-order valence-electron chi connectivity index (χ1n) is 9.98. The Morgan fingerprint density at radius 2 is 1.74 bits per heavy atom. The summed E-state index contributed by atoms with van der Waals surface area (Å²) in [6.45, 7) is 4.34. The van der Waals surface area contributed by atoms with Crippen LogP contribution < -0.4 is 0 Å². The minimum Gasteiger partial charge on any atom is -0.462 e. The summed E-state index contributed by atoms with van der Waals surface area (Å²) in [7, 11) is 0. The Hall–Kier alpha value is -0.600. The number of alkyl halides is 1. The van der Waals surface area contributed by atoms with Crippen molar-refractivity contribution < 1.29 is 13.9 Å². The van der Waals surface area contributed by atoms with Crippen molar-refractivity contribution in [1.82, 2.24) is 0 Å².